The average molecular weight is 231 g/mol. The molecule has 12 heavy (non-hydrogen) atoms. The summed E-state index contributed by atoms with van der Waals surface area (Å²) in [5, 5.41) is 0. The summed E-state index contributed by atoms with van der Waals surface area (Å²) in [6.07, 6.45) is 0. The van der Waals surface area contributed by atoms with E-state index in [-0.39, 0.29) is 0 Å². The molecule has 0 aliphatic heterocycles. The van der Waals surface area contributed by atoms with Crippen LogP contribution in [0, 0.1) is 6.92 Å². The lowest BCUT2D eigenvalue weighted by molar-refractivity contribution is 0.271. The van der Waals surface area contributed by atoms with E-state index in [9.17, 15) is 0 Å². The maximum absolute atomic E-state index is 5.71. The minimum absolute atomic E-state index is 0.678. The van der Waals surface area contributed by atoms with E-state index in [1.807, 2.05) is 19.1 Å². The van der Waals surface area contributed by atoms with Crippen molar-refractivity contribution in [1.29, 1.82) is 0 Å². The van der Waals surface area contributed by atoms with Gasteiger partial charge in [0, 0.05) is 4.47 Å². The summed E-state index contributed by atoms with van der Waals surface area (Å²) in [6.45, 7) is 1.96. The standard InChI is InChI=1S/C8H11BrN2O/c1-5-6(9)3-4-7(10)8(5)11-12-2/h3-4,11H,10H2,1-2H3. The van der Waals surface area contributed by atoms with Gasteiger partial charge in [0.15, 0.2) is 0 Å². The van der Waals surface area contributed by atoms with Gasteiger partial charge in [0.25, 0.3) is 0 Å². The van der Waals surface area contributed by atoms with Crippen LogP contribution in [0.25, 0.3) is 0 Å². The molecule has 0 unspecified atom stereocenters. The van der Waals surface area contributed by atoms with Crippen LogP contribution in [-0.4, -0.2) is 7.11 Å². The topological polar surface area (TPSA) is 47.3 Å². The number of rotatable bonds is 2. The molecule has 0 amide bonds. The van der Waals surface area contributed by atoms with Crippen molar-refractivity contribution in [3.63, 3.8) is 0 Å². The van der Waals surface area contributed by atoms with Crippen LogP contribution in [0.1, 0.15) is 5.56 Å². The summed E-state index contributed by atoms with van der Waals surface area (Å²) >= 11 is 3.40. The van der Waals surface area contributed by atoms with Gasteiger partial charge in [-0.25, -0.2) is 0 Å². The number of nitrogens with one attached hydrogen (secondary N) is 1. The Morgan fingerprint density at radius 3 is 2.75 bits per heavy atom. The molecule has 0 aliphatic carbocycles. The highest BCUT2D eigenvalue weighted by Crippen LogP contribution is 2.29. The summed E-state index contributed by atoms with van der Waals surface area (Å²) in [5.41, 5.74) is 11.0. The third kappa shape index (κ3) is 1.70. The van der Waals surface area contributed by atoms with Crippen molar-refractivity contribution in [2.75, 3.05) is 18.3 Å². The molecular weight excluding hydrogens is 220 g/mol. The first kappa shape index (κ1) is 9.35. The highest BCUT2D eigenvalue weighted by Gasteiger charge is 2.04. The van der Waals surface area contributed by atoms with E-state index in [2.05, 4.69) is 21.4 Å². The van der Waals surface area contributed by atoms with Crippen LogP contribution in [0.4, 0.5) is 11.4 Å². The normalized spacial score (nSPS) is 9.92. The van der Waals surface area contributed by atoms with Crippen molar-refractivity contribution < 1.29 is 4.84 Å². The third-order valence-electron chi connectivity index (χ3n) is 1.64. The second-order valence-corrected chi connectivity index (χ2v) is 3.30. The number of nitrogen functional groups attached to an aromatic ring is 1. The maximum Gasteiger partial charge on any atom is 0.0874 e. The summed E-state index contributed by atoms with van der Waals surface area (Å²) in [6, 6.07) is 3.73. The summed E-state index contributed by atoms with van der Waals surface area (Å²) in [7, 11) is 1.56. The Balaban J connectivity index is 3.14. The highest BCUT2D eigenvalue weighted by atomic mass is 79.9. The molecule has 0 bridgehead atoms. The van der Waals surface area contributed by atoms with E-state index >= 15 is 0 Å². The number of halogens is 1. The van der Waals surface area contributed by atoms with Gasteiger partial charge >= 0.3 is 0 Å². The first-order valence-corrected chi connectivity index (χ1v) is 4.29. The SMILES string of the molecule is CONc1c(N)ccc(Br)c1C. The van der Waals surface area contributed by atoms with Crippen LogP contribution >= 0.6 is 15.9 Å². The molecule has 3 nitrogen and oxygen atoms in total. The molecule has 1 rings (SSSR count). The van der Waals surface area contributed by atoms with E-state index in [4.69, 9.17) is 10.6 Å². The molecule has 1 aromatic carbocycles. The lowest BCUT2D eigenvalue weighted by atomic mass is 10.2. The number of nitrogens with two attached hydrogens (primary N) is 1. The predicted octanol–water partition coefficient (Wildman–Crippen LogP) is 2.31. The molecular formula is C8H11BrN2O. The lowest BCUT2D eigenvalue weighted by Crippen LogP contribution is -2.02. The molecule has 0 fully saturated rings. The highest BCUT2D eigenvalue weighted by molar-refractivity contribution is 9.10. The second-order valence-electron chi connectivity index (χ2n) is 2.44. The van der Waals surface area contributed by atoms with Gasteiger partial charge in [0.05, 0.1) is 18.5 Å². The Morgan fingerprint density at radius 1 is 1.50 bits per heavy atom. The quantitative estimate of drug-likeness (QED) is 0.606. The largest absolute Gasteiger partial charge is 0.397 e. The van der Waals surface area contributed by atoms with Crippen LogP contribution in [0.5, 0.6) is 0 Å². The van der Waals surface area contributed by atoms with Crippen molar-refractivity contribution in [2.45, 2.75) is 6.92 Å². The molecule has 0 atom stereocenters. The van der Waals surface area contributed by atoms with E-state index < -0.39 is 0 Å². The minimum Gasteiger partial charge on any atom is -0.397 e. The first-order chi connectivity index (χ1) is 5.66. The van der Waals surface area contributed by atoms with Crippen LogP contribution < -0.4 is 11.2 Å². The fraction of sp³-hybridized carbons (Fsp3) is 0.250. The molecule has 1 aromatic rings. The number of benzene rings is 1. The molecule has 66 valence electrons. The van der Waals surface area contributed by atoms with Gasteiger partial charge in [-0.05, 0) is 24.6 Å². The molecule has 3 N–H and O–H groups in total. The number of hydrogen-bond acceptors (Lipinski definition) is 3. The van der Waals surface area contributed by atoms with Crippen molar-refractivity contribution in [2.24, 2.45) is 0 Å². The predicted molar refractivity (Wildman–Crippen MR) is 53.9 cm³/mol. The maximum atomic E-state index is 5.71. The molecule has 4 heteroatoms. The van der Waals surface area contributed by atoms with Gasteiger partial charge in [0.1, 0.15) is 0 Å². The summed E-state index contributed by atoms with van der Waals surface area (Å²) in [5.74, 6) is 0. The minimum atomic E-state index is 0.678. The Labute approximate surface area is 80.0 Å². The fourth-order valence-electron chi connectivity index (χ4n) is 0.945. The molecule has 0 aromatic heterocycles. The van der Waals surface area contributed by atoms with Gasteiger partial charge in [-0.15, -0.1) is 0 Å². The Bertz CT molecular complexity index is 289. The summed E-state index contributed by atoms with van der Waals surface area (Å²) in [4.78, 5) is 4.79. The average Bonchev–Trinajstić information content (AvgIpc) is 2.06. The lowest BCUT2D eigenvalue weighted by Gasteiger charge is -2.11. The monoisotopic (exact) mass is 230 g/mol. The first-order valence-electron chi connectivity index (χ1n) is 3.50. The molecule has 0 spiro atoms. The third-order valence-corrected chi connectivity index (χ3v) is 2.49. The molecule has 0 saturated heterocycles. The van der Waals surface area contributed by atoms with Gasteiger partial charge < -0.3 is 5.73 Å². The Hall–Kier alpha value is -0.740. The van der Waals surface area contributed by atoms with Crippen molar-refractivity contribution in [1.82, 2.24) is 0 Å². The van der Waals surface area contributed by atoms with Crippen molar-refractivity contribution in [3.05, 3.63) is 22.2 Å². The van der Waals surface area contributed by atoms with E-state index in [0.29, 0.717) is 5.69 Å². The van der Waals surface area contributed by atoms with Gasteiger partial charge in [-0.3, -0.25) is 10.3 Å². The van der Waals surface area contributed by atoms with E-state index in [0.717, 1.165) is 15.7 Å². The zero-order chi connectivity index (χ0) is 9.14. The number of hydrogen-bond donors (Lipinski definition) is 2. The Morgan fingerprint density at radius 2 is 2.17 bits per heavy atom. The number of anilines is 2. The zero-order valence-corrected chi connectivity index (χ0v) is 8.60. The van der Waals surface area contributed by atoms with Gasteiger partial charge in [-0.2, -0.15) is 0 Å². The molecule has 0 heterocycles. The molecule has 0 radical (unpaired) electrons. The molecule has 0 aliphatic rings. The fourth-order valence-corrected chi connectivity index (χ4v) is 1.28. The van der Waals surface area contributed by atoms with E-state index in [1.165, 1.54) is 0 Å². The van der Waals surface area contributed by atoms with Crippen molar-refractivity contribution in [3.8, 4) is 0 Å². The van der Waals surface area contributed by atoms with Crippen LogP contribution in [-0.2, 0) is 4.84 Å². The summed E-state index contributed by atoms with van der Waals surface area (Å²) < 4.78 is 1.01. The Kier molecular flexibility index (Phi) is 2.94. The van der Waals surface area contributed by atoms with Crippen LogP contribution in [0.15, 0.2) is 16.6 Å². The van der Waals surface area contributed by atoms with Gasteiger partial charge in [0.2, 0.25) is 0 Å². The van der Waals surface area contributed by atoms with E-state index in [1.54, 1.807) is 7.11 Å². The zero-order valence-electron chi connectivity index (χ0n) is 7.02. The molecule has 0 saturated carbocycles. The van der Waals surface area contributed by atoms with Crippen LogP contribution in [0.3, 0.4) is 0 Å². The van der Waals surface area contributed by atoms with Crippen LogP contribution in [0.2, 0.25) is 0 Å². The van der Waals surface area contributed by atoms with Gasteiger partial charge in [-0.1, -0.05) is 15.9 Å². The smallest absolute Gasteiger partial charge is 0.0874 e. The van der Waals surface area contributed by atoms with Crippen molar-refractivity contribution >= 4 is 27.3 Å². The second kappa shape index (κ2) is 3.78.